The molecule has 2 heterocycles. The molecule has 0 bridgehead atoms. The van der Waals surface area contributed by atoms with E-state index in [1.54, 1.807) is 18.2 Å². The second-order valence-electron chi connectivity index (χ2n) is 7.66. The summed E-state index contributed by atoms with van der Waals surface area (Å²) in [6.07, 6.45) is 4.87. The molecule has 8 heteroatoms. The van der Waals surface area contributed by atoms with Crippen molar-refractivity contribution in [2.24, 2.45) is 0 Å². The van der Waals surface area contributed by atoms with E-state index >= 15 is 0 Å². The lowest BCUT2D eigenvalue weighted by Crippen LogP contribution is -2.49. The first kappa shape index (κ1) is 23.5. The molecule has 1 atom stereocenters. The van der Waals surface area contributed by atoms with E-state index in [1.165, 1.54) is 7.11 Å². The van der Waals surface area contributed by atoms with Crippen LogP contribution in [0.25, 0.3) is 0 Å². The largest absolute Gasteiger partial charge is 0.493 e. The lowest BCUT2D eigenvalue weighted by molar-refractivity contribution is -0.144. The molecule has 32 heavy (non-hydrogen) atoms. The summed E-state index contributed by atoms with van der Waals surface area (Å²) in [5, 5.41) is 2.90. The molecule has 0 aliphatic carbocycles. The summed E-state index contributed by atoms with van der Waals surface area (Å²) in [6.45, 7) is 1.31. The van der Waals surface area contributed by atoms with Gasteiger partial charge in [-0.2, -0.15) is 0 Å². The summed E-state index contributed by atoms with van der Waals surface area (Å²) in [5.74, 6) is 0.861. The molecule has 2 amide bonds. The number of rotatable bonds is 10. The van der Waals surface area contributed by atoms with E-state index in [0.29, 0.717) is 37.5 Å². The van der Waals surface area contributed by atoms with Gasteiger partial charge in [0.1, 0.15) is 12.6 Å². The van der Waals surface area contributed by atoms with Crippen molar-refractivity contribution >= 4 is 11.8 Å². The Morgan fingerprint density at radius 1 is 1.19 bits per heavy atom. The summed E-state index contributed by atoms with van der Waals surface area (Å²) in [7, 11) is 3.06. The number of benzene rings is 1. The van der Waals surface area contributed by atoms with Crippen LogP contribution in [0.5, 0.6) is 11.5 Å². The number of carbonyl (C=O) groups is 2. The third-order valence-electron chi connectivity index (χ3n) is 5.39. The second kappa shape index (κ2) is 12.0. The highest BCUT2D eigenvalue weighted by atomic mass is 16.5. The SMILES string of the molecule is COCC(=O)N(Cc1ccc(OCCc2ccccn2)c(OC)c1)[C@H]1CCCCNC1=O. The Morgan fingerprint density at radius 2 is 2.06 bits per heavy atom. The van der Waals surface area contributed by atoms with Crippen molar-refractivity contribution in [2.45, 2.75) is 38.3 Å². The van der Waals surface area contributed by atoms with Gasteiger partial charge in [0.15, 0.2) is 11.5 Å². The first-order valence-corrected chi connectivity index (χ1v) is 10.9. The van der Waals surface area contributed by atoms with Gasteiger partial charge in [-0.15, -0.1) is 0 Å². The third kappa shape index (κ3) is 6.43. The Balaban J connectivity index is 1.71. The minimum absolute atomic E-state index is 0.0738. The van der Waals surface area contributed by atoms with Gasteiger partial charge >= 0.3 is 0 Å². The molecule has 1 aromatic carbocycles. The van der Waals surface area contributed by atoms with Gasteiger partial charge in [0, 0.05) is 38.5 Å². The second-order valence-corrected chi connectivity index (χ2v) is 7.66. The molecule has 1 aromatic heterocycles. The Labute approximate surface area is 188 Å². The number of pyridine rings is 1. The average Bonchev–Trinajstić information content (AvgIpc) is 3.03. The van der Waals surface area contributed by atoms with Gasteiger partial charge in [-0.3, -0.25) is 14.6 Å². The molecule has 3 rings (SSSR count). The maximum atomic E-state index is 12.8. The van der Waals surface area contributed by atoms with Crippen LogP contribution in [0.1, 0.15) is 30.5 Å². The predicted octanol–water partition coefficient (Wildman–Crippen LogP) is 2.36. The maximum absolute atomic E-state index is 12.8. The molecule has 0 spiro atoms. The van der Waals surface area contributed by atoms with Crippen molar-refractivity contribution in [1.82, 2.24) is 15.2 Å². The van der Waals surface area contributed by atoms with Crippen LogP contribution in [0.3, 0.4) is 0 Å². The summed E-state index contributed by atoms with van der Waals surface area (Å²) < 4.78 is 16.5. The first-order valence-electron chi connectivity index (χ1n) is 10.9. The van der Waals surface area contributed by atoms with Gasteiger partial charge < -0.3 is 24.4 Å². The normalized spacial score (nSPS) is 16.1. The molecule has 0 radical (unpaired) electrons. The number of aromatic nitrogens is 1. The van der Waals surface area contributed by atoms with Crippen molar-refractivity contribution in [3.63, 3.8) is 0 Å². The van der Waals surface area contributed by atoms with Gasteiger partial charge in [-0.25, -0.2) is 0 Å². The molecular formula is C24H31N3O5. The summed E-state index contributed by atoms with van der Waals surface area (Å²) >= 11 is 0. The minimum Gasteiger partial charge on any atom is -0.493 e. The molecule has 0 unspecified atom stereocenters. The quantitative estimate of drug-likeness (QED) is 0.609. The zero-order valence-electron chi connectivity index (χ0n) is 18.7. The first-order chi connectivity index (χ1) is 15.6. The third-order valence-corrected chi connectivity index (χ3v) is 5.39. The van der Waals surface area contributed by atoms with Crippen LogP contribution < -0.4 is 14.8 Å². The van der Waals surface area contributed by atoms with E-state index in [4.69, 9.17) is 14.2 Å². The Morgan fingerprint density at radius 3 is 2.81 bits per heavy atom. The van der Waals surface area contributed by atoms with E-state index in [-0.39, 0.29) is 25.0 Å². The van der Waals surface area contributed by atoms with E-state index in [2.05, 4.69) is 10.3 Å². The number of amides is 2. The fourth-order valence-electron chi connectivity index (χ4n) is 3.74. The molecule has 1 fully saturated rings. The number of hydrogen-bond acceptors (Lipinski definition) is 6. The van der Waals surface area contributed by atoms with Crippen LogP contribution in [0, 0.1) is 0 Å². The number of ether oxygens (including phenoxy) is 3. The van der Waals surface area contributed by atoms with Crippen LogP contribution in [0.15, 0.2) is 42.6 Å². The smallest absolute Gasteiger partial charge is 0.249 e. The van der Waals surface area contributed by atoms with Crippen molar-refractivity contribution in [3.8, 4) is 11.5 Å². The summed E-state index contributed by atoms with van der Waals surface area (Å²) in [6, 6.07) is 10.8. The molecule has 1 saturated heterocycles. The van der Waals surface area contributed by atoms with Gasteiger partial charge in [0.2, 0.25) is 11.8 Å². The van der Waals surface area contributed by atoms with Crippen LogP contribution in [0.2, 0.25) is 0 Å². The Kier molecular flexibility index (Phi) is 8.86. The zero-order chi connectivity index (χ0) is 22.8. The van der Waals surface area contributed by atoms with Crippen molar-refractivity contribution in [2.75, 3.05) is 34.0 Å². The number of methoxy groups -OCH3 is 2. The lowest BCUT2D eigenvalue weighted by atomic mass is 10.1. The highest BCUT2D eigenvalue weighted by molar-refractivity contribution is 5.88. The van der Waals surface area contributed by atoms with Gasteiger partial charge in [-0.05, 0) is 49.1 Å². The van der Waals surface area contributed by atoms with Crippen molar-refractivity contribution in [3.05, 3.63) is 53.9 Å². The molecule has 0 saturated carbocycles. The predicted molar refractivity (Wildman–Crippen MR) is 120 cm³/mol. The molecule has 2 aromatic rings. The summed E-state index contributed by atoms with van der Waals surface area (Å²) in [4.78, 5) is 31.2. The fraction of sp³-hybridized carbons (Fsp3) is 0.458. The van der Waals surface area contributed by atoms with E-state index in [9.17, 15) is 9.59 Å². The molecule has 1 aliphatic rings. The van der Waals surface area contributed by atoms with Crippen LogP contribution >= 0.6 is 0 Å². The van der Waals surface area contributed by atoms with Gasteiger partial charge in [0.05, 0.1) is 13.7 Å². The lowest BCUT2D eigenvalue weighted by Gasteiger charge is -2.30. The molecule has 8 nitrogen and oxygen atoms in total. The van der Waals surface area contributed by atoms with Crippen LogP contribution in [0.4, 0.5) is 0 Å². The van der Waals surface area contributed by atoms with E-state index < -0.39 is 6.04 Å². The topological polar surface area (TPSA) is 90.0 Å². The summed E-state index contributed by atoms with van der Waals surface area (Å²) in [5.41, 5.74) is 1.80. The maximum Gasteiger partial charge on any atom is 0.249 e. The van der Waals surface area contributed by atoms with Crippen LogP contribution in [-0.4, -0.2) is 61.7 Å². The number of hydrogen-bond donors (Lipinski definition) is 1. The standard InChI is InChI=1S/C24H31N3O5/c1-30-17-23(28)27(20-8-4-6-13-26-24(20)29)16-18-9-10-21(22(15-18)31-2)32-14-11-19-7-3-5-12-25-19/h3,5,7,9-10,12,15,20H,4,6,8,11,13-14,16-17H2,1-2H3,(H,26,29)/t20-/m0/s1. The Hall–Kier alpha value is -3.13. The van der Waals surface area contributed by atoms with Crippen LogP contribution in [-0.2, 0) is 27.3 Å². The average molecular weight is 442 g/mol. The van der Waals surface area contributed by atoms with E-state index in [0.717, 1.165) is 24.1 Å². The van der Waals surface area contributed by atoms with Gasteiger partial charge in [-0.1, -0.05) is 12.1 Å². The molecule has 1 N–H and O–H groups in total. The molecule has 1 aliphatic heterocycles. The van der Waals surface area contributed by atoms with Gasteiger partial charge in [0.25, 0.3) is 0 Å². The Bertz CT molecular complexity index is 890. The van der Waals surface area contributed by atoms with Crippen molar-refractivity contribution in [1.29, 1.82) is 0 Å². The number of nitrogens with zero attached hydrogens (tertiary/aromatic N) is 2. The number of nitrogens with one attached hydrogen (secondary N) is 1. The highest BCUT2D eigenvalue weighted by Crippen LogP contribution is 2.29. The highest BCUT2D eigenvalue weighted by Gasteiger charge is 2.30. The van der Waals surface area contributed by atoms with E-state index in [1.807, 2.05) is 36.4 Å². The van der Waals surface area contributed by atoms with Crippen molar-refractivity contribution < 1.29 is 23.8 Å². The minimum atomic E-state index is -0.513. The monoisotopic (exact) mass is 441 g/mol. The molecule has 172 valence electrons. The fourth-order valence-corrected chi connectivity index (χ4v) is 3.74. The zero-order valence-corrected chi connectivity index (χ0v) is 18.7. The molecular weight excluding hydrogens is 410 g/mol. The number of carbonyl (C=O) groups excluding carboxylic acids is 2.